The minimum Gasteiger partial charge on any atom is -0.482 e. The van der Waals surface area contributed by atoms with Gasteiger partial charge in [-0.15, -0.1) is 0 Å². The van der Waals surface area contributed by atoms with Crippen LogP contribution in [0.2, 0.25) is 0 Å². The Morgan fingerprint density at radius 1 is 1.40 bits per heavy atom. The number of para-hydroxylation sites is 1. The predicted molar refractivity (Wildman–Crippen MR) is 49.8 cm³/mol. The molecule has 2 aromatic rings. The summed E-state index contributed by atoms with van der Waals surface area (Å²) in [6, 6.07) is 6.17. The van der Waals surface area contributed by atoms with Crippen LogP contribution in [-0.4, -0.2) is 10.1 Å². The highest BCUT2D eigenvalue weighted by Gasteiger charge is 2.05. The molecule has 15 heavy (non-hydrogen) atoms. The zero-order valence-corrected chi connectivity index (χ0v) is 8.11. The van der Waals surface area contributed by atoms with Gasteiger partial charge in [-0.3, -0.25) is 0 Å². The Hall–Kier alpha value is -1.91. The first kappa shape index (κ1) is 9.64. The Morgan fingerprint density at radius 3 is 2.87 bits per heavy atom. The topological polar surface area (TPSA) is 48.2 Å². The molecule has 0 bridgehead atoms. The first-order valence-corrected chi connectivity index (χ1v) is 4.42. The van der Waals surface area contributed by atoms with Crippen molar-refractivity contribution in [1.82, 2.24) is 10.1 Å². The third-order valence-electron chi connectivity index (χ3n) is 1.76. The normalized spacial score (nSPS) is 10.3. The second-order valence-corrected chi connectivity index (χ2v) is 2.95. The molecule has 0 fully saturated rings. The van der Waals surface area contributed by atoms with Crippen molar-refractivity contribution < 1.29 is 13.7 Å². The van der Waals surface area contributed by atoms with Crippen LogP contribution >= 0.6 is 0 Å². The molecule has 4 nitrogen and oxygen atoms in total. The molecule has 0 N–H and O–H groups in total. The van der Waals surface area contributed by atoms with Crippen LogP contribution in [0.25, 0.3) is 0 Å². The standard InChI is InChI=1S/C10H9FN2O2/c1-7-12-10(13-15-7)6-14-9-5-3-2-4-8(9)11/h2-5H,6H2,1H3. The molecule has 0 amide bonds. The highest BCUT2D eigenvalue weighted by atomic mass is 19.1. The average Bonchev–Trinajstić information content (AvgIpc) is 2.63. The molecule has 78 valence electrons. The van der Waals surface area contributed by atoms with Crippen molar-refractivity contribution >= 4 is 0 Å². The maximum absolute atomic E-state index is 13.1. The predicted octanol–water partition coefficient (Wildman–Crippen LogP) is 2.10. The zero-order valence-electron chi connectivity index (χ0n) is 8.11. The number of nitrogens with zero attached hydrogens (tertiary/aromatic N) is 2. The smallest absolute Gasteiger partial charge is 0.223 e. The monoisotopic (exact) mass is 208 g/mol. The fourth-order valence-electron chi connectivity index (χ4n) is 1.10. The first-order valence-electron chi connectivity index (χ1n) is 4.42. The lowest BCUT2D eigenvalue weighted by molar-refractivity contribution is 0.273. The molecule has 0 atom stereocenters. The van der Waals surface area contributed by atoms with Gasteiger partial charge in [0, 0.05) is 6.92 Å². The number of halogens is 1. The van der Waals surface area contributed by atoms with Gasteiger partial charge in [-0.1, -0.05) is 17.3 Å². The summed E-state index contributed by atoms with van der Waals surface area (Å²) in [5.41, 5.74) is 0. The Bertz CT molecular complexity index is 456. The molecule has 0 aliphatic rings. The second kappa shape index (κ2) is 4.08. The second-order valence-electron chi connectivity index (χ2n) is 2.95. The first-order chi connectivity index (χ1) is 7.25. The van der Waals surface area contributed by atoms with E-state index in [0.29, 0.717) is 11.7 Å². The van der Waals surface area contributed by atoms with Crippen LogP contribution in [0.4, 0.5) is 4.39 Å². The van der Waals surface area contributed by atoms with Crippen molar-refractivity contribution in [1.29, 1.82) is 0 Å². The van der Waals surface area contributed by atoms with E-state index in [1.165, 1.54) is 6.07 Å². The highest BCUT2D eigenvalue weighted by molar-refractivity contribution is 5.23. The van der Waals surface area contributed by atoms with Crippen molar-refractivity contribution in [2.24, 2.45) is 0 Å². The summed E-state index contributed by atoms with van der Waals surface area (Å²) >= 11 is 0. The Balaban J connectivity index is 2.02. The van der Waals surface area contributed by atoms with E-state index in [-0.39, 0.29) is 12.4 Å². The molecule has 2 rings (SSSR count). The quantitative estimate of drug-likeness (QED) is 0.774. The summed E-state index contributed by atoms with van der Waals surface area (Å²) in [7, 11) is 0. The fourth-order valence-corrected chi connectivity index (χ4v) is 1.10. The van der Waals surface area contributed by atoms with Crippen LogP contribution in [0, 0.1) is 12.7 Å². The molecule has 1 aromatic carbocycles. The molecular formula is C10H9FN2O2. The third-order valence-corrected chi connectivity index (χ3v) is 1.76. The Morgan fingerprint density at radius 2 is 2.20 bits per heavy atom. The molecule has 0 saturated carbocycles. The van der Waals surface area contributed by atoms with Crippen molar-refractivity contribution in [2.45, 2.75) is 13.5 Å². The number of benzene rings is 1. The lowest BCUT2D eigenvalue weighted by Gasteiger charge is -2.03. The highest BCUT2D eigenvalue weighted by Crippen LogP contribution is 2.16. The molecule has 0 radical (unpaired) electrons. The molecule has 0 saturated heterocycles. The summed E-state index contributed by atoms with van der Waals surface area (Å²) in [6.07, 6.45) is 0. The SMILES string of the molecule is Cc1nc(COc2ccccc2F)no1. The van der Waals surface area contributed by atoms with Crippen LogP contribution in [0.1, 0.15) is 11.7 Å². The summed E-state index contributed by atoms with van der Waals surface area (Å²) < 4.78 is 23.0. The average molecular weight is 208 g/mol. The van der Waals surface area contributed by atoms with E-state index >= 15 is 0 Å². The van der Waals surface area contributed by atoms with Gasteiger partial charge >= 0.3 is 0 Å². The number of ether oxygens (including phenoxy) is 1. The lowest BCUT2D eigenvalue weighted by Crippen LogP contribution is -1.99. The molecule has 0 spiro atoms. The van der Waals surface area contributed by atoms with Gasteiger partial charge < -0.3 is 9.26 Å². The zero-order chi connectivity index (χ0) is 10.7. The van der Waals surface area contributed by atoms with Crippen molar-refractivity contribution in [3.05, 3.63) is 41.8 Å². The minimum absolute atomic E-state index is 0.0955. The van der Waals surface area contributed by atoms with Gasteiger partial charge in [0.25, 0.3) is 0 Å². The molecule has 0 aliphatic heterocycles. The third kappa shape index (κ3) is 2.31. The van der Waals surface area contributed by atoms with Crippen LogP contribution in [-0.2, 0) is 6.61 Å². The maximum Gasteiger partial charge on any atom is 0.223 e. The summed E-state index contributed by atoms with van der Waals surface area (Å²) in [6.45, 7) is 1.78. The Kier molecular flexibility index (Phi) is 2.62. The number of hydrogen-bond acceptors (Lipinski definition) is 4. The fraction of sp³-hybridized carbons (Fsp3) is 0.200. The maximum atomic E-state index is 13.1. The van der Waals surface area contributed by atoms with Gasteiger partial charge in [0.1, 0.15) is 0 Å². The van der Waals surface area contributed by atoms with Crippen LogP contribution in [0.3, 0.4) is 0 Å². The van der Waals surface area contributed by atoms with E-state index in [1.54, 1.807) is 25.1 Å². The summed E-state index contributed by atoms with van der Waals surface area (Å²) in [5, 5.41) is 3.63. The van der Waals surface area contributed by atoms with E-state index in [9.17, 15) is 4.39 Å². The van der Waals surface area contributed by atoms with E-state index in [4.69, 9.17) is 9.26 Å². The van der Waals surface area contributed by atoms with Gasteiger partial charge in [0.05, 0.1) is 0 Å². The van der Waals surface area contributed by atoms with Crippen molar-refractivity contribution in [3.8, 4) is 5.75 Å². The lowest BCUT2D eigenvalue weighted by atomic mass is 10.3. The van der Waals surface area contributed by atoms with Crippen LogP contribution in [0.5, 0.6) is 5.75 Å². The summed E-state index contributed by atoms with van der Waals surface area (Å²) in [5.74, 6) is 0.635. The van der Waals surface area contributed by atoms with Crippen LogP contribution < -0.4 is 4.74 Å². The Labute approximate surface area is 85.7 Å². The number of aryl methyl sites for hydroxylation is 1. The van der Waals surface area contributed by atoms with Crippen molar-refractivity contribution in [2.75, 3.05) is 0 Å². The molecule has 0 unspecified atom stereocenters. The van der Waals surface area contributed by atoms with Gasteiger partial charge in [0.2, 0.25) is 11.7 Å². The largest absolute Gasteiger partial charge is 0.482 e. The molecule has 1 aromatic heterocycles. The van der Waals surface area contributed by atoms with E-state index < -0.39 is 5.82 Å². The van der Waals surface area contributed by atoms with Crippen LogP contribution in [0.15, 0.2) is 28.8 Å². The van der Waals surface area contributed by atoms with Gasteiger partial charge in [-0.2, -0.15) is 4.98 Å². The van der Waals surface area contributed by atoms with E-state index in [0.717, 1.165) is 0 Å². The van der Waals surface area contributed by atoms with Crippen molar-refractivity contribution in [3.63, 3.8) is 0 Å². The number of rotatable bonds is 3. The molecule has 0 aliphatic carbocycles. The molecule has 5 heteroatoms. The van der Waals surface area contributed by atoms with Gasteiger partial charge in [-0.05, 0) is 12.1 Å². The summed E-state index contributed by atoms with van der Waals surface area (Å²) in [4.78, 5) is 3.93. The van der Waals surface area contributed by atoms with Gasteiger partial charge in [0.15, 0.2) is 18.2 Å². The van der Waals surface area contributed by atoms with E-state index in [2.05, 4.69) is 10.1 Å². The number of hydrogen-bond donors (Lipinski definition) is 0. The number of aromatic nitrogens is 2. The van der Waals surface area contributed by atoms with Gasteiger partial charge in [-0.25, -0.2) is 4.39 Å². The van der Waals surface area contributed by atoms with E-state index in [1.807, 2.05) is 0 Å². The minimum atomic E-state index is -0.405. The molecular weight excluding hydrogens is 199 g/mol. The molecule has 1 heterocycles.